The van der Waals surface area contributed by atoms with E-state index in [4.69, 9.17) is 4.74 Å². The van der Waals surface area contributed by atoms with E-state index in [0.29, 0.717) is 17.9 Å². The van der Waals surface area contributed by atoms with Gasteiger partial charge in [0.15, 0.2) is 0 Å². The fraction of sp³-hybridized carbons (Fsp3) is 0.385. The molecule has 98 valence electrons. The van der Waals surface area contributed by atoms with E-state index in [1.54, 1.807) is 32.2 Å². The third-order valence-electron chi connectivity index (χ3n) is 2.55. The van der Waals surface area contributed by atoms with Crippen LogP contribution in [0.2, 0.25) is 0 Å². The van der Waals surface area contributed by atoms with E-state index in [1.807, 2.05) is 6.92 Å². The second-order valence-electron chi connectivity index (χ2n) is 4.09. The summed E-state index contributed by atoms with van der Waals surface area (Å²) < 4.78 is 4.93. The number of methoxy groups -OCH3 is 1. The molecule has 1 aromatic carbocycles. The summed E-state index contributed by atoms with van der Waals surface area (Å²) in [4.78, 5) is 22.5. The van der Waals surface area contributed by atoms with Gasteiger partial charge in [-0.2, -0.15) is 0 Å². The van der Waals surface area contributed by atoms with Gasteiger partial charge in [-0.3, -0.25) is 4.79 Å². The van der Waals surface area contributed by atoms with Crippen molar-refractivity contribution in [1.82, 2.24) is 5.32 Å². The molecule has 1 rings (SSSR count). The number of carbonyl (C=O) groups is 2. The number of anilines is 1. The molecule has 1 atom stereocenters. The molecule has 0 aromatic heterocycles. The topological polar surface area (TPSA) is 67.4 Å². The van der Waals surface area contributed by atoms with E-state index in [-0.39, 0.29) is 12.1 Å². The summed E-state index contributed by atoms with van der Waals surface area (Å²) in [5.41, 5.74) is 1.95. The molecule has 0 aliphatic rings. The highest BCUT2D eigenvalue weighted by atomic mass is 16.5. The van der Waals surface area contributed by atoms with Gasteiger partial charge in [0.05, 0.1) is 12.6 Å². The molecule has 0 aliphatic heterocycles. The molecule has 0 aliphatic carbocycles. The zero-order valence-corrected chi connectivity index (χ0v) is 10.8. The standard InChI is InChI=1S/C13H18N2O3/c1-9(8-18-3)14-13(17)15-12-6-4-5-11(7-16)10(12)2/h4-7,9H,8H2,1-3H3,(H2,14,15,17). The number of rotatable bonds is 5. The maximum absolute atomic E-state index is 11.7. The summed E-state index contributed by atoms with van der Waals surface area (Å²) >= 11 is 0. The van der Waals surface area contributed by atoms with Crippen molar-refractivity contribution >= 4 is 18.0 Å². The number of amides is 2. The molecule has 1 aromatic rings. The fourth-order valence-electron chi connectivity index (χ4n) is 1.59. The van der Waals surface area contributed by atoms with Crippen LogP contribution in [-0.2, 0) is 4.74 Å². The molecule has 0 heterocycles. The summed E-state index contributed by atoms with van der Waals surface area (Å²) in [7, 11) is 1.58. The van der Waals surface area contributed by atoms with E-state index in [9.17, 15) is 9.59 Å². The average Bonchev–Trinajstić information content (AvgIpc) is 2.32. The molecule has 18 heavy (non-hydrogen) atoms. The first-order valence-corrected chi connectivity index (χ1v) is 5.69. The number of nitrogens with one attached hydrogen (secondary N) is 2. The van der Waals surface area contributed by atoms with Crippen molar-refractivity contribution < 1.29 is 14.3 Å². The fourth-order valence-corrected chi connectivity index (χ4v) is 1.59. The molecular formula is C13H18N2O3. The summed E-state index contributed by atoms with van der Waals surface area (Å²) in [6.07, 6.45) is 0.770. The van der Waals surface area contributed by atoms with Crippen LogP contribution >= 0.6 is 0 Å². The number of urea groups is 1. The van der Waals surface area contributed by atoms with Crippen LogP contribution in [0.25, 0.3) is 0 Å². The Labute approximate surface area is 107 Å². The minimum absolute atomic E-state index is 0.0791. The van der Waals surface area contributed by atoms with Gasteiger partial charge in [0.2, 0.25) is 0 Å². The smallest absolute Gasteiger partial charge is 0.319 e. The van der Waals surface area contributed by atoms with Crippen LogP contribution < -0.4 is 10.6 Å². The van der Waals surface area contributed by atoms with Crippen LogP contribution in [0.3, 0.4) is 0 Å². The van der Waals surface area contributed by atoms with Gasteiger partial charge in [0.1, 0.15) is 6.29 Å². The molecule has 0 radical (unpaired) electrons. The Bertz CT molecular complexity index is 432. The third kappa shape index (κ3) is 3.85. The molecule has 0 bridgehead atoms. The summed E-state index contributed by atoms with van der Waals surface area (Å²) in [5, 5.41) is 5.44. The van der Waals surface area contributed by atoms with Crippen molar-refractivity contribution in [2.45, 2.75) is 19.9 Å². The molecule has 0 fully saturated rings. The first-order chi connectivity index (χ1) is 8.58. The zero-order valence-electron chi connectivity index (χ0n) is 10.8. The van der Waals surface area contributed by atoms with E-state index < -0.39 is 0 Å². The van der Waals surface area contributed by atoms with Crippen molar-refractivity contribution in [2.24, 2.45) is 0 Å². The predicted octanol–water partition coefficient (Wildman–Crippen LogP) is 1.96. The molecule has 0 spiro atoms. The second-order valence-corrected chi connectivity index (χ2v) is 4.09. The number of hydrogen-bond acceptors (Lipinski definition) is 3. The highest BCUT2D eigenvalue weighted by Crippen LogP contribution is 2.17. The Balaban J connectivity index is 2.67. The number of hydrogen-bond donors (Lipinski definition) is 2. The lowest BCUT2D eigenvalue weighted by atomic mass is 10.1. The van der Waals surface area contributed by atoms with Gasteiger partial charge in [-0.05, 0) is 25.5 Å². The Morgan fingerprint density at radius 3 is 2.83 bits per heavy atom. The van der Waals surface area contributed by atoms with Gasteiger partial charge in [0.25, 0.3) is 0 Å². The van der Waals surface area contributed by atoms with Crippen molar-refractivity contribution in [3.63, 3.8) is 0 Å². The lowest BCUT2D eigenvalue weighted by Gasteiger charge is -2.15. The second kappa shape index (κ2) is 6.76. The Morgan fingerprint density at radius 2 is 2.22 bits per heavy atom. The highest BCUT2D eigenvalue weighted by molar-refractivity contribution is 5.92. The third-order valence-corrected chi connectivity index (χ3v) is 2.55. The maximum Gasteiger partial charge on any atom is 0.319 e. The van der Waals surface area contributed by atoms with Gasteiger partial charge in [-0.1, -0.05) is 12.1 Å². The Kier molecular flexibility index (Phi) is 5.32. The highest BCUT2D eigenvalue weighted by Gasteiger charge is 2.09. The van der Waals surface area contributed by atoms with Crippen LogP contribution in [0.15, 0.2) is 18.2 Å². The molecule has 5 nitrogen and oxygen atoms in total. The normalized spacial score (nSPS) is 11.7. The van der Waals surface area contributed by atoms with Crippen molar-refractivity contribution in [3.8, 4) is 0 Å². The van der Waals surface area contributed by atoms with Crippen LogP contribution in [0.4, 0.5) is 10.5 Å². The van der Waals surface area contributed by atoms with Crippen LogP contribution in [-0.4, -0.2) is 32.1 Å². The largest absolute Gasteiger partial charge is 0.383 e. The molecular weight excluding hydrogens is 232 g/mol. The molecule has 1 unspecified atom stereocenters. The first kappa shape index (κ1) is 14.2. The van der Waals surface area contributed by atoms with Gasteiger partial charge in [-0.15, -0.1) is 0 Å². The molecule has 2 N–H and O–H groups in total. The quantitative estimate of drug-likeness (QED) is 0.785. The van der Waals surface area contributed by atoms with Gasteiger partial charge in [0, 0.05) is 18.4 Å². The number of ether oxygens (including phenoxy) is 1. The van der Waals surface area contributed by atoms with E-state index in [0.717, 1.165) is 11.8 Å². The summed E-state index contributed by atoms with van der Waals surface area (Å²) in [5.74, 6) is 0. The van der Waals surface area contributed by atoms with Crippen LogP contribution in [0.5, 0.6) is 0 Å². The zero-order chi connectivity index (χ0) is 13.5. The molecule has 5 heteroatoms. The minimum Gasteiger partial charge on any atom is -0.383 e. The van der Waals surface area contributed by atoms with Gasteiger partial charge in [-0.25, -0.2) is 4.79 Å². The van der Waals surface area contributed by atoms with Crippen molar-refractivity contribution in [1.29, 1.82) is 0 Å². The Hall–Kier alpha value is -1.88. The number of benzene rings is 1. The first-order valence-electron chi connectivity index (χ1n) is 5.69. The average molecular weight is 250 g/mol. The maximum atomic E-state index is 11.7. The van der Waals surface area contributed by atoms with Gasteiger partial charge >= 0.3 is 6.03 Å². The number of carbonyl (C=O) groups excluding carboxylic acids is 2. The lowest BCUT2D eigenvalue weighted by Crippen LogP contribution is -2.38. The Morgan fingerprint density at radius 1 is 1.50 bits per heavy atom. The van der Waals surface area contributed by atoms with E-state index in [1.165, 1.54) is 0 Å². The van der Waals surface area contributed by atoms with Crippen molar-refractivity contribution in [2.75, 3.05) is 19.0 Å². The monoisotopic (exact) mass is 250 g/mol. The van der Waals surface area contributed by atoms with E-state index in [2.05, 4.69) is 10.6 Å². The molecule has 0 saturated carbocycles. The minimum atomic E-state index is -0.314. The van der Waals surface area contributed by atoms with Crippen molar-refractivity contribution in [3.05, 3.63) is 29.3 Å². The van der Waals surface area contributed by atoms with E-state index >= 15 is 0 Å². The SMILES string of the molecule is COCC(C)NC(=O)Nc1cccc(C=O)c1C. The molecule has 2 amide bonds. The van der Waals surface area contributed by atoms with Crippen LogP contribution in [0, 0.1) is 6.92 Å². The van der Waals surface area contributed by atoms with Gasteiger partial charge < -0.3 is 15.4 Å². The predicted molar refractivity (Wildman–Crippen MR) is 70.1 cm³/mol. The summed E-state index contributed by atoms with van der Waals surface area (Å²) in [6.45, 7) is 4.08. The summed E-state index contributed by atoms with van der Waals surface area (Å²) in [6, 6.07) is 4.79. The molecule has 0 saturated heterocycles. The number of aldehydes is 1. The lowest BCUT2D eigenvalue weighted by molar-refractivity contribution is 0.112. The van der Waals surface area contributed by atoms with Crippen LogP contribution in [0.1, 0.15) is 22.8 Å².